The van der Waals surface area contributed by atoms with Crippen molar-refractivity contribution >= 4 is 29.1 Å². The Morgan fingerprint density at radius 1 is 1.21 bits per heavy atom. The molecule has 2 aromatic rings. The number of amides is 1. The van der Waals surface area contributed by atoms with Crippen LogP contribution in [-0.4, -0.2) is 33.9 Å². The Hall–Kier alpha value is -2.14. The molecule has 0 saturated carbocycles. The van der Waals surface area contributed by atoms with Crippen LogP contribution in [0.4, 0.5) is 11.6 Å². The molecule has 0 aliphatic heterocycles. The largest absolute Gasteiger partial charge is 0.337 e. The van der Waals surface area contributed by atoms with E-state index < -0.39 is 0 Å². The molecule has 6 heteroatoms. The van der Waals surface area contributed by atoms with E-state index in [2.05, 4.69) is 29.1 Å². The quantitative estimate of drug-likeness (QED) is 0.805. The fraction of sp³-hybridized carbons (Fsp3) is 0.389. The maximum Gasteiger partial charge on any atom is 0.272 e. The Bertz CT molecular complexity index is 699. The normalized spacial score (nSPS) is 10.5. The first-order valence-corrected chi connectivity index (χ1v) is 8.59. The lowest BCUT2D eigenvalue weighted by Gasteiger charge is -2.21. The van der Waals surface area contributed by atoms with Gasteiger partial charge in [0.15, 0.2) is 0 Å². The molecule has 24 heavy (non-hydrogen) atoms. The average molecular weight is 347 g/mol. The zero-order valence-electron chi connectivity index (χ0n) is 14.3. The van der Waals surface area contributed by atoms with Crippen LogP contribution in [0.25, 0.3) is 0 Å². The first kappa shape index (κ1) is 18.2. The summed E-state index contributed by atoms with van der Waals surface area (Å²) < 4.78 is 0. The number of hydrogen-bond donors (Lipinski definition) is 1. The van der Waals surface area contributed by atoms with Crippen molar-refractivity contribution in [2.45, 2.75) is 33.6 Å². The van der Waals surface area contributed by atoms with Crippen molar-refractivity contribution < 1.29 is 4.79 Å². The number of rotatable bonds is 7. The van der Waals surface area contributed by atoms with Gasteiger partial charge in [0.2, 0.25) is 5.95 Å². The second-order valence-electron chi connectivity index (χ2n) is 5.60. The third-order valence-electron chi connectivity index (χ3n) is 3.66. The Morgan fingerprint density at radius 2 is 1.92 bits per heavy atom. The predicted molar refractivity (Wildman–Crippen MR) is 98.0 cm³/mol. The summed E-state index contributed by atoms with van der Waals surface area (Å²) in [5, 5.41) is 3.80. The molecule has 128 valence electrons. The molecule has 0 bridgehead atoms. The number of benzene rings is 1. The SMILES string of the molecule is CCCN(CCC)C(=O)c1ccnc(Nc2cccc(Cl)c2C)n1. The van der Waals surface area contributed by atoms with Crippen molar-refractivity contribution in [3.05, 3.63) is 46.7 Å². The van der Waals surface area contributed by atoms with Crippen molar-refractivity contribution in [2.24, 2.45) is 0 Å². The molecule has 1 aromatic heterocycles. The molecule has 0 spiro atoms. The van der Waals surface area contributed by atoms with Crippen molar-refractivity contribution in [3.63, 3.8) is 0 Å². The van der Waals surface area contributed by atoms with Gasteiger partial charge in [0.1, 0.15) is 5.69 Å². The molecular formula is C18H23ClN4O. The second-order valence-corrected chi connectivity index (χ2v) is 6.00. The highest BCUT2D eigenvalue weighted by molar-refractivity contribution is 6.31. The van der Waals surface area contributed by atoms with Crippen LogP contribution in [0.2, 0.25) is 5.02 Å². The van der Waals surface area contributed by atoms with Gasteiger partial charge in [-0.15, -0.1) is 0 Å². The van der Waals surface area contributed by atoms with Crippen LogP contribution in [-0.2, 0) is 0 Å². The molecule has 0 saturated heterocycles. The maximum absolute atomic E-state index is 12.6. The molecule has 1 amide bonds. The molecule has 1 heterocycles. The van der Waals surface area contributed by atoms with Gasteiger partial charge < -0.3 is 10.2 Å². The van der Waals surface area contributed by atoms with Crippen molar-refractivity contribution in [2.75, 3.05) is 18.4 Å². The summed E-state index contributed by atoms with van der Waals surface area (Å²) in [5.41, 5.74) is 2.14. The summed E-state index contributed by atoms with van der Waals surface area (Å²) in [6, 6.07) is 7.24. The van der Waals surface area contributed by atoms with Crippen molar-refractivity contribution in [1.82, 2.24) is 14.9 Å². The lowest BCUT2D eigenvalue weighted by Crippen LogP contribution is -2.33. The monoisotopic (exact) mass is 346 g/mol. The maximum atomic E-state index is 12.6. The van der Waals surface area contributed by atoms with Crippen LogP contribution < -0.4 is 5.32 Å². The summed E-state index contributed by atoms with van der Waals surface area (Å²) in [6.45, 7) is 7.50. The Balaban J connectivity index is 2.22. The minimum Gasteiger partial charge on any atom is -0.337 e. The van der Waals surface area contributed by atoms with E-state index in [9.17, 15) is 4.79 Å². The smallest absolute Gasteiger partial charge is 0.272 e. The second kappa shape index (κ2) is 8.64. The topological polar surface area (TPSA) is 58.1 Å². The highest BCUT2D eigenvalue weighted by Crippen LogP contribution is 2.24. The lowest BCUT2D eigenvalue weighted by atomic mass is 10.2. The van der Waals surface area contributed by atoms with Gasteiger partial charge in [0.25, 0.3) is 5.91 Å². The summed E-state index contributed by atoms with van der Waals surface area (Å²) in [5.74, 6) is 0.325. The van der Waals surface area contributed by atoms with Gasteiger partial charge in [-0.3, -0.25) is 4.79 Å². The molecule has 0 atom stereocenters. The van der Waals surface area contributed by atoms with Crippen LogP contribution in [0.1, 0.15) is 42.7 Å². The summed E-state index contributed by atoms with van der Waals surface area (Å²) in [4.78, 5) is 23.0. The number of carbonyl (C=O) groups excluding carboxylic acids is 1. The van der Waals surface area contributed by atoms with E-state index in [1.165, 1.54) is 0 Å². The van der Waals surface area contributed by atoms with E-state index in [0.29, 0.717) is 16.7 Å². The average Bonchev–Trinajstić information content (AvgIpc) is 2.58. The van der Waals surface area contributed by atoms with E-state index in [1.54, 1.807) is 12.3 Å². The van der Waals surface area contributed by atoms with E-state index in [0.717, 1.165) is 37.2 Å². The predicted octanol–water partition coefficient (Wildman–Crippen LogP) is 4.44. The van der Waals surface area contributed by atoms with Gasteiger partial charge in [0.05, 0.1) is 0 Å². The molecule has 0 unspecified atom stereocenters. The van der Waals surface area contributed by atoms with Gasteiger partial charge in [-0.25, -0.2) is 9.97 Å². The Morgan fingerprint density at radius 3 is 2.58 bits per heavy atom. The standard InChI is InChI=1S/C18H23ClN4O/c1-4-11-23(12-5-2)17(24)16-9-10-20-18(22-16)21-15-8-6-7-14(19)13(15)3/h6-10H,4-5,11-12H2,1-3H3,(H,20,21,22). The number of halogens is 1. The van der Waals surface area contributed by atoms with E-state index in [4.69, 9.17) is 11.6 Å². The molecule has 0 aliphatic carbocycles. The zero-order chi connectivity index (χ0) is 17.5. The minimum atomic E-state index is -0.0630. The number of carbonyl (C=O) groups is 1. The van der Waals surface area contributed by atoms with E-state index >= 15 is 0 Å². The fourth-order valence-corrected chi connectivity index (χ4v) is 2.59. The molecule has 0 fully saturated rings. The van der Waals surface area contributed by atoms with Gasteiger partial charge in [-0.2, -0.15) is 0 Å². The lowest BCUT2D eigenvalue weighted by molar-refractivity contribution is 0.0749. The third-order valence-corrected chi connectivity index (χ3v) is 4.07. The molecule has 2 rings (SSSR count). The third kappa shape index (κ3) is 4.45. The van der Waals surface area contributed by atoms with Crippen LogP contribution in [0.5, 0.6) is 0 Å². The first-order valence-electron chi connectivity index (χ1n) is 8.21. The highest BCUT2D eigenvalue weighted by atomic mass is 35.5. The molecule has 0 radical (unpaired) electrons. The number of anilines is 2. The molecular weight excluding hydrogens is 324 g/mol. The molecule has 0 aliphatic rings. The molecule has 1 aromatic carbocycles. The van der Waals surface area contributed by atoms with E-state index in [-0.39, 0.29) is 5.91 Å². The number of nitrogens with zero attached hydrogens (tertiary/aromatic N) is 3. The molecule has 1 N–H and O–H groups in total. The van der Waals surface area contributed by atoms with Crippen molar-refractivity contribution in [3.8, 4) is 0 Å². The van der Waals surface area contributed by atoms with Crippen LogP contribution >= 0.6 is 11.6 Å². The number of hydrogen-bond acceptors (Lipinski definition) is 4. The minimum absolute atomic E-state index is 0.0630. The summed E-state index contributed by atoms with van der Waals surface area (Å²) >= 11 is 6.13. The van der Waals surface area contributed by atoms with Gasteiger partial charge in [-0.05, 0) is 43.5 Å². The van der Waals surface area contributed by atoms with Gasteiger partial charge in [-0.1, -0.05) is 31.5 Å². The van der Waals surface area contributed by atoms with E-state index in [1.807, 2.05) is 30.0 Å². The van der Waals surface area contributed by atoms with Gasteiger partial charge in [0, 0.05) is 30.0 Å². The Labute approximate surface area is 148 Å². The number of nitrogens with one attached hydrogen (secondary N) is 1. The van der Waals surface area contributed by atoms with Crippen LogP contribution in [0.15, 0.2) is 30.5 Å². The summed E-state index contributed by atoms with van der Waals surface area (Å²) in [7, 11) is 0. The number of aromatic nitrogens is 2. The zero-order valence-corrected chi connectivity index (χ0v) is 15.1. The summed E-state index contributed by atoms with van der Waals surface area (Å²) in [6.07, 6.45) is 3.44. The Kier molecular flexibility index (Phi) is 6.55. The first-order chi connectivity index (χ1) is 11.6. The van der Waals surface area contributed by atoms with Gasteiger partial charge >= 0.3 is 0 Å². The fourth-order valence-electron chi connectivity index (χ4n) is 2.42. The molecule has 5 nitrogen and oxygen atoms in total. The highest BCUT2D eigenvalue weighted by Gasteiger charge is 2.16. The van der Waals surface area contributed by atoms with Crippen LogP contribution in [0, 0.1) is 6.92 Å². The van der Waals surface area contributed by atoms with Crippen LogP contribution in [0.3, 0.4) is 0 Å². The van der Waals surface area contributed by atoms with Crippen molar-refractivity contribution in [1.29, 1.82) is 0 Å².